The van der Waals surface area contributed by atoms with Gasteiger partial charge in [-0.3, -0.25) is 0 Å². The van der Waals surface area contributed by atoms with Crippen LogP contribution in [0.1, 0.15) is 33.4 Å². The summed E-state index contributed by atoms with van der Waals surface area (Å²) < 4.78 is 0. The lowest BCUT2D eigenvalue weighted by molar-refractivity contribution is 0.0759. The van der Waals surface area contributed by atoms with E-state index in [4.69, 9.17) is 0 Å². The highest BCUT2D eigenvalue weighted by Crippen LogP contribution is 2.59. The van der Waals surface area contributed by atoms with Gasteiger partial charge < -0.3 is 10.2 Å². The molecule has 0 radical (unpaired) electrons. The molecule has 2 N–H and O–H groups in total. The zero-order valence-corrected chi connectivity index (χ0v) is 24.1. The lowest BCUT2D eigenvalue weighted by Gasteiger charge is -2.47. The van der Waals surface area contributed by atoms with Crippen molar-refractivity contribution in [2.75, 3.05) is 0 Å². The van der Waals surface area contributed by atoms with Crippen molar-refractivity contribution in [1.82, 2.24) is 0 Å². The molecule has 8 rings (SSSR count). The Morgan fingerprint density at radius 2 is 0.614 bits per heavy atom. The maximum atomic E-state index is 13.6. The van der Waals surface area contributed by atoms with Crippen LogP contribution in [0.5, 0.6) is 0 Å². The van der Waals surface area contributed by atoms with Crippen molar-refractivity contribution < 1.29 is 10.2 Å². The Labute approximate surface area is 257 Å². The molecule has 0 saturated carbocycles. The zero-order valence-electron chi connectivity index (χ0n) is 24.1. The summed E-state index contributed by atoms with van der Waals surface area (Å²) in [6.07, 6.45) is 0. The zero-order chi connectivity index (χ0) is 29.7. The van der Waals surface area contributed by atoms with Crippen molar-refractivity contribution in [2.45, 2.75) is 11.2 Å². The van der Waals surface area contributed by atoms with Crippen LogP contribution < -0.4 is 0 Å². The van der Waals surface area contributed by atoms with Gasteiger partial charge in [0.1, 0.15) is 11.2 Å². The number of rotatable bonds is 4. The van der Waals surface area contributed by atoms with Crippen LogP contribution in [0, 0.1) is 0 Å². The van der Waals surface area contributed by atoms with Crippen LogP contribution in [0.25, 0.3) is 33.0 Å². The minimum atomic E-state index is -1.58. The average Bonchev–Trinajstić information content (AvgIpc) is 3.11. The van der Waals surface area contributed by atoms with Crippen LogP contribution in [0.2, 0.25) is 0 Å². The van der Waals surface area contributed by atoms with E-state index in [1.807, 2.05) is 121 Å². The van der Waals surface area contributed by atoms with Crippen molar-refractivity contribution in [3.8, 4) is 22.3 Å². The maximum Gasteiger partial charge on any atom is 0.142 e. The second-order valence-electron chi connectivity index (χ2n) is 11.5. The molecule has 0 aliphatic heterocycles. The lowest BCUT2D eigenvalue weighted by Crippen LogP contribution is -2.45. The molecule has 210 valence electrons. The van der Waals surface area contributed by atoms with E-state index in [0.717, 1.165) is 44.2 Å². The highest BCUT2D eigenvalue weighted by Gasteiger charge is 2.53. The number of aliphatic hydroxyl groups is 2. The first-order valence-electron chi connectivity index (χ1n) is 15.0. The summed E-state index contributed by atoms with van der Waals surface area (Å²) in [7, 11) is 0. The minimum Gasteiger partial charge on any atom is -0.376 e. The Bertz CT molecular complexity index is 1970. The summed E-state index contributed by atoms with van der Waals surface area (Å²) in [6.45, 7) is 0. The van der Waals surface area contributed by atoms with Gasteiger partial charge in [0.05, 0.1) is 0 Å². The van der Waals surface area contributed by atoms with E-state index in [1.54, 1.807) is 0 Å². The van der Waals surface area contributed by atoms with Crippen LogP contribution in [-0.4, -0.2) is 10.2 Å². The summed E-state index contributed by atoms with van der Waals surface area (Å²) in [6, 6.07) is 56.5. The molecule has 0 bridgehead atoms. The SMILES string of the molecule is O[C@]1(c2ccccc2)c2ccccc2[C@@](O)(c2ccccc2)c2c1c(-c1ccccc1)c1ccccc1c2-c1ccccc1. The first kappa shape index (κ1) is 26.4. The number of benzene rings is 7. The van der Waals surface area contributed by atoms with Gasteiger partial charge in [-0.2, -0.15) is 0 Å². The van der Waals surface area contributed by atoms with E-state index in [0.29, 0.717) is 22.3 Å². The molecule has 0 heterocycles. The third kappa shape index (κ3) is 3.69. The molecule has 1 aliphatic carbocycles. The van der Waals surface area contributed by atoms with Crippen molar-refractivity contribution in [2.24, 2.45) is 0 Å². The molecule has 2 atom stereocenters. The van der Waals surface area contributed by atoms with Crippen LogP contribution in [0.3, 0.4) is 0 Å². The number of hydrogen-bond acceptors (Lipinski definition) is 2. The van der Waals surface area contributed by atoms with Gasteiger partial charge in [0, 0.05) is 11.1 Å². The minimum absolute atomic E-state index is 0.663. The quantitative estimate of drug-likeness (QED) is 0.223. The van der Waals surface area contributed by atoms with Gasteiger partial charge in [-0.25, -0.2) is 0 Å². The predicted octanol–water partition coefficient (Wildman–Crippen LogP) is 9.06. The fourth-order valence-corrected chi connectivity index (χ4v) is 7.31. The van der Waals surface area contributed by atoms with Gasteiger partial charge in [0.25, 0.3) is 0 Å². The van der Waals surface area contributed by atoms with Gasteiger partial charge >= 0.3 is 0 Å². The Balaban J connectivity index is 1.71. The van der Waals surface area contributed by atoms with Gasteiger partial charge in [-0.05, 0) is 55.3 Å². The normalized spacial score (nSPS) is 18.9. The van der Waals surface area contributed by atoms with Crippen LogP contribution in [0.15, 0.2) is 170 Å². The maximum absolute atomic E-state index is 13.6. The van der Waals surface area contributed by atoms with Crippen molar-refractivity contribution in [3.05, 3.63) is 203 Å². The molecule has 0 aromatic heterocycles. The Kier molecular flexibility index (Phi) is 6.09. The first-order chi connectivity index (χ1) is 21.6. The standard InChI is InChI=1S/C42H30O2/c43-41(31-21-9-3-10-22-31)35-27-15-16-28-36(35)42(44,32-23-11-4-12-24-32)40-38(30-19-7-2-8-20-30)34-26-14-13-25-33(34)37(39(40)41)29-17-5-1-6-18-29/h1-28,43-44H/t41-,42+. The molecule has 1 aliphatic rings. The monoisotopic (exact) mass is 566 g/mol. The van der Waals surface area contributed by atoms with Gasteiger partial charge in [0.15, 0.2) is 0 Å². The van der Waals surface area contributed by atoms with Crippen LogP contribution in [-0.2, 0) is 11.2 Å². The molecule has 0 spiro atoms. The molecule has 2 heteroatoms. The molecular formula is C42H30O2. The van der Waals surface area contributed by atoms with E-state index >= 15 is 0 Å². The topological polar surface area (TPSA) is 40.5 Å². The third-order valence-corrected chi connectivity index (χ3v) is 9.15. The second kappa shape index (κ2) is 10.2. The first-order valence-corrected chi connectivity index (χ1v) is 15.0. The summed E-state index contributed by atoms with van der Waals surface area (Å²) in [4.78, 5) is 0. The number of hydrogen-bond donors (Lipinski definition) is 2. The summed E-state index contributed by atoms with van der Waals surface area (Å²) >= 11 is 0. The molecule has 0 amide bonds. The van der Waals surface area contributed by atoms with Gasteiger partial charge in [0.2, 0.25) is 0 Å². The highest BCUT2D eigenvalue weighted by atomic mass is 16.3. The van der Waals surface area contributed by atoms with Crippen molar-refractivity contribution in [3.63, 3.8) is 0 Å². The van der Waals surface area contributed by atoms with Crippen LogP contribution in [0.4, 0.5) is 0 Å². The Morgan fingerprint density at radius 1 is 0.318 bits per heavy atom. The second-order valence-corrected chi connectivity index (χ2v) is 11.5. The van der Waals surface area contributed by atoms with E-state index in [-0.39, 0.29) is 0 Å². The Morgan fingerprint density at radius 3 is 0.977 bits per heavy atom. The molecule has 0 saturated heterocycles. The fourth-order valence-electron chi connectivity index (χ4n) is 7.31. The van der Waals surface area contributed by atoms with E-state index < -0.39 is 11.2 Å². The number of fused-ring (bicyclic) bond motifs is 3. The highest BCUT2D eigenvalue weighted by molar-refractivity contribution is 6.09. The largest absolute Gasteiger partial charge is 0.376 e. The summed E-state index contributed by atoms with van der Waals surface area (Å²) in [5.41, 5.74) is 4.82. The molecule has 2 nitrogen and oxygen atoms in total. The summed E-state index contributed by atoms with van der Waals surface area (Å²) in [5.74, 6) is 0. The third-order valence-electron chi connectivity index (χ3n) is 9.15. The average molecular weight is 567 g/mol. The van der Waals surface area contributed by atoms with Gasteiger partial charge in [-0.1, -0.05) is 170 Å². The summed E-state index contributed by atoms with van der Waals surface area (Å²) in [5, 5.41) is 29.2. The molecule has 7 aromatic rings. The molecule has 0 unspecified atom stereocenters. The molecular weight excluding hydrogens is 536 g/mol. The lowest BCUT2D eigenvalue weighted by atomic mass is 9.59. The smallest absolute Gasteiger partial charge is 0.142 e. The van der Waals surface area contributed by atoms with Gasteiger partial charge in [-0.15, -0.1) is 0 Å². The van der Waals surface area contributed by atoms with Crippen molar-refractivity contribution in [1.29, 1.82) is 0 Å². The van der Waals surface area contributed by atoms with Crippen molar-refractivity contribution >= 4 is 10.8 Å². The molecule has 0 fully saturated rings. The molecule has 44 heavy (non-hydrogen) atoms. The van der Waals surface area contributed by atoms with E-state index in [9.17, 15) is 10.2 Å². The molecule has 7 aromatic carbocycles. The Hall–Kier alpha value is -5.28. The van der Waals surface area contributed by atoms with E-state index in [1.165, 1.54) is 0 Å². The van der Waals surface area contributed by atoms with E-state index in [2.05, 4.69) is 48.5 Å². The van der Waals surface area contributed by atoms with Crippen LogP contribution >= 0.6 is 0 Å². The predicted molar refractivity (Wildman–Crippen MR) is 178 cm³/mol. The fraction of sp³-hybridized carbons (Fsp3) is 0.0476.